The van der Waals surface area contributed by atoms with Crippen LogP contribution >= 0.6 is 0 Å². The summed E-state index contributed by atoms with van der Waals surface area (Å²) in [5, 5.41) is 0. The van der Waals surface area contributed by atoms with Crippen LogP contribution in [0.25, 0.3) is 0 Å². The Morgan fingerprint density at radius 3 is 2.84 bits per heavy atom. The molecule has 0 amide bonds. The molecule has 1 aliphatic heterocycles. The topological polar surface area (TPSA) is 18.5 Å². The Balaban J connectivity index is 2.26. The van der Waals surface area contributed by atoms with Gasteiger partial charge in [-0.15, -0.1) is 5.92 Å². The van der Waals surface area contributed by atoms with E-state index in [1.807, 2.05) is 6.07 Å². The highest BCUT2D eigenvalue weighted by Gasteiger charge is 2.37. The molecule has 0 saturated heterocycles. The first-order chi connectivity index (χ1) is 9.08. The van der Waals surface area contributed by atoms with Crippen molar-refractivity contribution in [3.05, 3.63) is 29.3 Å². The van der Waals surface area contributed by atoms with Crippen molar-refractivity contribution in [2.75, 3.05) is 7.11 Å². The summed E-state index contributed by atoms with van der Waals surface area (Å²) in [6, 6.07) is 6.11. The summed E-state index contributed by atoms with van der Waals surface area (Å²) in [6.45, 7) is 6.34. The molecule has 102 valence electrons. The minimum atomic E-state index is -0.298. The first-order valence-corrected chi connectivity index (χ1v) is 6.93. The predicted molar refractivity (Wildman–Crippen MR) is 77.1 cm³/mol. The smallest absolute Gasteiger partial charge is 0.144 e. The van der Waals surface area contributed by atoms with Crippen molar-refractivity contribution in [1.29, 1.82) is 0 Å². The molecular weight excluding hydrogens is 236 g/mol. The summed E-state index contributed by atoms with van der Waals surface area (Å²) < 4.78 is 11.4. The van der Waals surface area contributed by atoms with Crippen LogP contribution < -0.4 is 4.74 Å². The van der Waals surface area contributed by atoms with Gasteiger partial charge in [0.1, 0.15) is 11.9 Å². The van der Waals surface area contributed by atoms with E-state index < -0.39 is 0 Å². The van der Waals surface area contributed by atoms with E-state index in [2.05, 4.69) is 44.7 Å². The highest BCUT2D eigenvalue weighted by atomic mass is 16.5. The molecule has 1 atom stereocenters. The molecule has 1 aromatic carbocycles. The van der Waals surface area contributed by atoms with Crippen LogP contribution in [0.2, 0.25) is 0 Å². The van der Waals surface area contributed by atoms with Crippen molar-refractivity contribution >= 4 is 0 Å². The number of rotatable bonds is 3. The van der Waals surface area contributed by atoms with Gasteiger partial charge in [-0.2, -0.15) is 0 Å². The van der Waals surface area contributed by atoms with E-state index in [0.29, 0.717) is 0 Å². The second kappa shape index (κ2) is 5.67. The summed E-state index contributed by atoms with van der Waals surface area (Å²) in [5.41, 5.74) is 2.06. The lowest BCUT2D eigenvalue weighted by Crippen LogP contribution is -2.15. The number of ether oxygens (including phenoxy) is 2. The molecule has 0 aromatic heterocycles. The van der Waals surface area contributed by atoms with Gasteiger partial charge in [0.05, 0.1) is 12.7 Å². The average Bonchev–Trinajstić information content (AvgIpc) is 2.66. The van der Waals surface area contributed by atoms with Gasteiger partial charge in [0.25, 0.3) is 0 Å². The van der Waals surface area contributed by atoms with Crippen LogP contribution in [-0.2, 0) is 10.3 Å². The Labute approximate surface area is 116 Å². The molecule has 0 spiro atoms. The van der Waals surface area contributed by atoms with Crippen molar-refractivity contribution < 1.29 is 9.47 Å². The van der Waals surface area contributed by atoms with Crippen molar-refractivity contribution in [3.63, 3.8) is 0 Å². The molecule has 0 saturated carbocycles. The summed E-state index contributed by atoms with van der Waals surface area (Å²) in [4.78, 5) is 0. The monoisotopic (exact) mass is 258 g/mol. The summed E-state index contributed by atoms with van der Waals surface area (Å²) in [6.07, 6.45) is 3.17. The van der Waals surface area contributed by atoms with E-state index in [4.69, 9.17) is 9.47 Å². The molecule has 0 N–H and O–H groups in total. The molecule has 1 unspecified atom stereocenters. The molecular formula is C17H22O2. The predicted octanol–water partition coefficient (Wildman–Crippen LogP) is 4.20. The first-order valence-electron chi connectivity index (χ1n) is 6.93. The van der Waals surface area contributed by atoms with Crippen LogP contribution in [0.5, 0.6) is 5.75 Å². The molecule has 2 heteroatoms. The zero-order valence-electron chi connectivity index (χ0n) is 12.2. The van der Waals surface area contributed by atoms with Gasteiger partial charge in [-0.3, -0.25) is 0 Å². The third-order valence-electron chi connectivity index (χ3n) is 3.49. The first kappa shape index (κ1) is 14.0. The number of hydrogen-bond donors (Lipinski definition) is 0. The van der Waals surface area contributed by atoms with E-state index >= 15 is 0 Å². The second-order valence-electron chi connectivity index (χ2n) is 5.39. The van der Waals surface area contributed by atoms with Gasteiger partial charge >= 0.3 is 0 Å². The fourth-order valence-corrected chi connectivity index (χ4v) is 2.37. The minimum absolute atomic E-state index is 0.104. The van der Waals surface area contributed by atoms with Crippen LogP contribution in [0.1, 0.15) is 57.3 Å². The fraction of sp³-hybridized carbons (Fsp3) is 0.529. The third kappa shape index (κ3) is 2.93. The van der Waals surface area contributed by atoms with Gasteiger partial charge in [0.2, 0.25) is 0 Å². The van der Waals surface area contributed by atoms with Crippen LogP contribution in [-0.4, -0.2) is 7.11 Å². The normalized spacial score (nSPS) is 19.5. The molecule has 19 heavy (non-hydrogen) atoms. The van der Waals surface area contributed by atoms with Crippen molar-refractivity contribution in [2.45, 2.75) is 51.7 Å². The van der Waals surface area contributed by atoms with Gasteiger partial charge in [0, 0.05) is 6.42 Å². The van der Waals surface area contributed by atoms with Crippen molar-refractivity contribution in [3.8, 4) is 17.6 Å². The number of hydrogen-bond acceptors (Lipinski definition) is 2. The molecule has 1 aliphatic rings. The number of methoxy groups -OCH3 is 1. The maximum atomic E-state index is 6.07. The number of fused-ring (bicyclic) bond motifs is 1. The number of unbranched alkanes of at least 4 members (excludes halogenated alkanes) is 2. The summed E-state index contributed by atoms with van der Waals surface area (Å²) in [7, 11) is 1.69. The van der Waals surface area contributed by atoms with Crippen LogP contribution in [0, 0.1) is 11.8 Å². The van der Waals surface area contributed by atoms with Crippen molar-refractivity contribution in [2.24, 2.45) is 0 Å². The Morgan fingerprint density at radius 2 is 2.16 bits per heavy atom. The highest BCUT2D eigenvalue weighted by molar-refractivity contribution is 5.45. The van der Waals surface area contributed by atoms with E-state index in [9.17, 15) is 0 Å². The van der Waals surface area contributed by atoms with E-state index in [1.165, 1.54) is 17.5 Å². The van der Waals surface area contributed by atoms with Gasteiger partial charge in [-0.25, -0.2) is 0 Å². The highest BCUT2D eigenvalue weighted by Crippen LogP contribution is 2.44. The third-order valence-corrected chi connectivity index (χ3v) is 3.49. The Kier molecular flexibility index (Phi) is 4.17. The fourth-order valence-electron chi connectivity index (χ4n) is 2.37. The molecule has 1 aromatic rings. The maximum absolute atomic E-state index is 6.07. The molecule has 1 heterocycles. The van der Waals surface area contributed by atoms with Crippen LogP contribution in [0.15, 0.2) is 18.2 Å². The largest absolute Gasteiger partial charge is 0.497 e. The lowest BCUT2D eigenvalue weighted by molar-refractivity contribution is -0.0268. The molecule has 2 nitrogen and oxygen atoms in total. The van der Waals surface area contributed by atoms with Gasteiger partial charge in [-0.05, 0) is 43.5 Å². The quantitative estimate of drug-likeness (QED) is 0.597. The Hall–Kier alpha value is -1.46. The van der Waals surface area contributed by atoms with Crippen molar-refractivity contribution in [1.82, 2.24) is 0 Å². The van der Waals surface area contributed by atoms with Gasteiger partial charge < -0.3 is 9.47 Å². The van der Waals surface area contributed by atoms with Crippen LogP contribution in [0.4, 0.5) is 0 Å². The standard InChI is InChI=1S/C17H22O2/c1-5-6-7-8-9-16-14-11-10-13(18-4)12-15(14)17(2,3)19-16/h10-12,16H,5-7H2,1-4H3. The molecule has 0 fully saturated rings. The van der Waals surface area contributed by atoms with Gasteiger partial charge in [-0.1, -0.05) is 25.3 Å². The Morgan fingerprint density at radius 1 is 1.37 bits per heavy atom. The summed E-state index contributed by atoms with van der Waals surface area (Å²) >= 11 is 0. The minimum Gasteiger partial charge on any atom is -0.497 e. The zero-order chi connectivity index (χ0) is 13.9. The molecule has 2 rings (SSSR count). The lowest BCUT2D eigenvalue weighted by atomic mass is 9.94. The van der Waals surface area contributed by atoms with E-state index in [-0.39, 0.29) is 11.7 Å². The SMILES string of the molecule is CCCCC#CC1OC(C)(C)c2cc(OC)ccc21. The maximum Gasteiger partial charge on any atom is 0.144 e. The van der Waals surface area contributed by atoms with E-state index in [1.54, 1.807) is 7.11 Å². The van der Waals surface area contributed by atoms with E-state index in [0.717, 1.165) is 18.6 Å². The van der Waals surface area contributed by atoms with Gasteiger partial charge in [0.15, 0.2) is 0 Å². The Bertz CT molecular complexity index is 506. The number of benzene rings is 1. The lowest BCUT2D eigenvalue weighted by Gasteiger charge is -2.19. The average molecular weight is 258 g/mol. The summed E-state index contributed by atoms with van der Waals surface area (Å²) in [5.74, 6) is 7.35. The second-order valence-corrected chi connectivity index (χ2v) is 5.39. The zero-order valence-corrected chi connectivity index (χ0v) is 12.2. The van der Waals surface area contributed by atoms with Crippen LogP contribution in [0.3, 0.4) is 0 Å². The molecule has 0 bridgehead atoms. The molecule has 0 radical (unpaired) electrons. The molecule has 0 aliphatic carbocycles.